The van der Waals surface area contributed by atoms with Crippen molar-refractivity contribution in [3.63, 3.8) is 0 Å². The number of hydrogen-bond donors (Lipinski definition) is 1. The third kappa shape index (κ3) is 4.87. The summed E-state index contributed by atoms with van der Waals surface area (Å²) >= 11 is 0. The van der Waals surface area contributed by atoms with Gasteiger partial charge < -0.3 is 33.5 Å². The fourth-order valence-electron chi connectivity index (χ4n) is 3.97. The molecule has 1 N–H and O–H groups in total. The second-order valence-corrected chi connectivity index (χ2v) is 8.06. The van der Waals surface area contributed by atoms with Crippen LogP contribution in [-0.4, -0.2) is 67.6 Å². The van der Waals surface area contributed by atoms with E-state index < -0.39 is 61.0 Å². The molecule has 3 heterocycles. The third-order valence-electron chi connectivity index (χ3n) is 5.84. The fourth-order valence-corrected chi connectivity index (χ4v) is 3.97. The summed E-state index contributed by atoms with van der Waals surface area (Å²) < 4.78 is 34.8. The number of methoxy groups -OCH3 is 1. The second-order valence-electron chi connectivity index (χ2n) is 8.06. The number of carbonyl (C=O) groups excluding carboxylic acids is 2. The van der Waals surface area contributed by atoms with Gasteiger partial charge in [0.1, 0.15) is 12.2 Å². The van der Waals surface area contributed by atoms with Gasteiger partial charge in [-0.15, -0.1) is 0 Å². The van der Waals surface area contributed by atoms with E-state index >= 15 is 0 Å². The zero-order valence-corrected chi connectivity index (χ0v) is 18.0. The molecule has 2 saturated heterocycles. The summed E-state index contributed by atoms with van der Waals surface area (Å²) in [6, 6.07) is 9.34. The van der Waals surface area contributed by atoms with Crippen molar-refractivity contribution in [2.24, 2.45) is 5.92 Å². The Morgan fingerprint density at radius 2 is 1.81 bits per heavy atom. The minimum absolute atomic E-state index is 0.0932. The average molecular weight is 448 g/mol. The first kappa shape index (κ1) is 22.9. The van der Waals surface area contributed by atoms with E-state index in [0.29, 0.717) is 6.42 Å². The Hall–Kier alpha value is -2.30. The number of esters is 2. The number of fused-ring (bicyclic) bond motifs is 3. The highest BCUT2D eigenvalue weighted by Crippen LogP contribution is 2.37. The second kappa shape index (κ2) is 10.1. The summed E-state index contributed by atoms with van der Waals surface area (Å²) in [5.41, 5.74) is 0.793. The van der Waals surface area contributed by atoms with Crippen LogP contribution < -0.4 is 0 Å². The van der Waals surface area contributed by atoms with Gasteiger partial charge in [0, 0.05) is 19.1 Å². The van der Waals surface area contributed by atoms with E-state index in [1.165, 1.54) is 13.2 Å². The lowest BCUT2D eigenvalue weighted by Gasteiger charge is -2.48. The van der Waals surface area contributed by atoms with Crippen LogP contribution in [0.4, 0.5) is 0 Å². The monoisotopic (exact) mass is 448 g/mol. The first-order valence-electron chi connectivity index (χ1n) is 10.7. The SMILES string of the molecule is CO[C@H]1O[C@@H]2COC(c3ccccc3)O[C@H]2[C@@H]2OC(=O)[C@@H](C)[C@H](O)C=CCCC(=O)O[C@@H]12. The van der Waals surface area contributed by atoms with Gasteiger partial charge in [-0.05, 0) is 13.3 Å². The molecule has 9 heteroatoms. The number of aliphatic hydroxyl groups excluding tert-OH is 1. The lowest BCUT2D eigenvalue weighted by atomic mass is 9.96. The van der Waals surface area contributed by atoms with E-state index in [0.717, 1.165) is 5.56 Å². The van der Waals surface area contributed by atoms with Crippen LogP contribution in [0, 0.1) is 5.92 Å². The molecule has 1 unspecified atom stereocenters. The Bertz CT molecular complexity index is 826. The molecule has 0 aromatic heterocycles. The lowest BCUT2D eigenvalue weighted by Crippen LogP contribution is -2.64. The minimum Gasteiger partial charge on any atom is -0.455 e. The van der Waals surface area contributed by atoms with Crippen LogP contribution in [0.2, 0.25) is 0 Å². The van der Waals surface area contributed by atoms with Gasteiger partial charge in [-0.3, -0.25) is 9.59 Å². The molecule has 32 heavy (non-hydrogen) atoms. The quantitative estimate of drug-likeness (QED) is 0.533. The van der Waals surface area contributed by atoms with Gasteiger partial charge in [0.05, 0.1) is 18.6 Å². The number of benzene rings is 1. The molecule has 4 rings (SSSR count). The molecular weight excluding hydrogens is 420 g/mol. The van der Waals surface area contributed by atoms with E-state index in [9.17, 15) is 14.7 Å². The van der Waals surface area contributed by atoms with Crippen molar-refractivity contribution in [2.45, 2.75) is 62.9 Å². The molecule has 0 amide bonds. The number of allylic oxidation sites excluding steroid dienone is 1. The Morgan fingerprint density at radius 1 is 1.03 bits per heavy atom. The Morgan fingerprint density at radius 3 is 2.56 bits per heavy atom. The molecule has 1 aromatic rings. The highest BCUT2D eigenvalue weighted by molar-refractivity contribution is 5.74. The van der Waals surface area contributed by atoms with Crippen molar-refractivity contribution < 1.29 is 43.1 Å². The normalized spacial score (nSPS) is 38.3. The van der Waals surface area contributed by atoms with Crippen LogP contribution >= 0.6 is 0 Å². The van der Waals surface area contributed by atoms with E-state index in [2.05, 4.69) is 0 Å². The maximum atomic E-state index is 12.9. The molecular formula is C23H28O9. The zero-order chi connectivity index (χ0) is 22.7. The fraction of sp³-hybridized carbons (Fsp3) is 0.565. The highest BCUT2D eigenvalue weighted by atomic mass is 16.8. The number of aliphatic hydroxyl groups is 1. The van der Waals surface area contributed by atoms with E-state index in [4.69, 9.17) is 28.4 Å². The van der Waals surface area contributed by atoms with Crippen LogP contribution in [0.15, 0.2) is 42.5 Å². The summed E-state index contributed by atoms with van der Waals surface area (Å²) in [5.74, 6) is -1.97. The standard InChI is InChI=1S/C23H28O9/c1-13-15(24)10-6-7-11-17(25)30-20-19(31-21(13)26)18-16(29-23(20)27-2)12-28-22(32-18)14-8-4-3-5-9-14/h3-6,8-10,13,15-16,18-20,22-24H,7,11-12H2,1-2H3/t13-,15+,16+,18+,19-,20+,22?,23-/m0/s1. The number of ether oxygens (including phenoxy) is 6. The molecule has 3 aliphatic heterocycles. The van der Waals surface area contributed by atoms with Gasteiger partial charge in [-0.1, -0.05) is 42.5 Å². The molecule has 0 bridgehead atoms. The summed E-state index contributed by atoms with van der Waals surface area (Å²) in [7, 11) is 1.42. The van der Waals surface area contributed by atoms with Crippen LogP contribution in [0.1, 0.15) is 31.6 Å². The maximum Gasteiger partial charge on any atom is 0.312 e. The van der Waals surface area contributed by atoms with Crippen molar-refractivity contribution >= 4 is 11.9 Å². The van der Waals surface area contributed by atoms with Gasteiger partial charge in [0.25, 0.3) is 0 Å². The summed E-state index contributed by atoms with van der Waals surface area (Å²) in [4.78, 5) is 25.3. The predicted octanol–water partition coefficient (Wildman–Crippen LogP) is 1.64. The van der Waals surface area contributed by atoms with Gasteiger partial charge in [-0.25, -0.2) is 0 Å². The number of hydrogen-bond acceptors (Lipinski definition) is 9. The van der Waals surface area contributed by atoms with Crippen LogP contribution in [0.25, 0.3) is 0 Å². The van der Waals surface area contributed by atoms with Gasteiger partial charge in [-0.2, -0.15) is 0 Å². The first-order chi connectivity index (χ1) is 15.5. The van der Waals surface area contributed by atoms with Crippen molar-refractivity contribution in [3.8, 4) is 0 Å². The number of carbonyl (C=O) groups is 2. The predicted molar refractivity (Wildman–Crippen MR) is 109 cm³/mol. The van der Waals surface area contributed by atoms with E-state index in [1.807, 2.05) is 30.3 Å². The van der Waals surface area contributed by atoms with Crippen LogP contribution in [-0.2, 0) is 38.0 Å². The Kier molecular flexibility index (Phi) is 7.22. The van der Waals surface area contributed by atoms with Gasteiger partial charge in [0.15, 0.2) is 24.8 Å². The smallest absolute Gasteiger partial charge is 0.312 e. The molecule has 0 spiro atoms. The maximum absolute atomic E-state index is 12.9. The summed E-state index contributed by atoms with van der Waals surface area (Å²) in [5, 5.41) is 10.3. The molecule has 9 nitrogen and oxygen atoms in total. The molecule has 174 valence electrons. The topological polar surface area (TPSA) is 110 Å². The average Bonchev–Trinajstić information content (AvgIpc) is 2.81. The van der Waals surface area contributed by atoms with Crippen LogP contribution in [0.5, 0.6) is 0 Å². The van der Waals surface area contributed by atoms with Crippen molar-refractivity contribution in [2.75, 3.05) is 13.7 Å². The van der Waals surface area contributed by atoms with Crippen molar-refractivity contribution in [3.05, 3.63) is 48.0 Å². The highest BCUT2D eigenvalue weighted by Gasteiger charge is 2.54. The van der Waals surface area contributed by atoms with Crippen molar-refractivity contribution in [1.82, 2.24) is 0 Å². The Labute approximate surface area is 186 Å². The summed E-state index contributed by atoms with van der Waals surface area (Å²) in [6.07, 6.45) is -2.58. The molecule has 0 saturated carbocycles. The first-order valence-corrected chi connectivity index (χ1v) is 10.7. The molecule has 0 radical (unpaired) electrons. The molecule has 0 aliphatic carbocycles. The Balaban J connectivity index is 1.65. The van der Waals surface area contributed by atoms with Crippen molar-refractivity contribution in [1.29, 1.82) is 0 Å². The van der Waals surface area contributed by atoms with E-state index in [1.54, 1.807) is 13.0 Å². The van der Waals surface area contributed by atoms with E-state index in [-0.39, 0.29) is 13.0 Å². The molecule has 3 aliphatic rings. The van der Waals surface area contributed by atoms with Crippen LogP contribution in [0.3, 0.4) is 0 Å². The number of rotatable bonds is 2. The molecule has 8 atom stereocenters. The molecule has 1 aromatic carbocycles. The van der Waals surface area contributed by atoms with Gasteiger partial charge >= 0.3 is 11.9 Å². The largest absolute Gasteiger partial charge is 0.455 e. The molecule has 2 fully saturated rings. The third-order valence-corrected chi connectivity index (χ3v) is 5.84. The minimum atomic E-state index is -1.04. The lowest BCUT2D eigenvalue weighted by molar-refractivity contribution is -0.360. The zero-order valence-electron chi connectivity index (χ0n) is 18.0. The summed E-state index contributed by atoms with van der Waals surface area (Å²) in [6.45, 7) is 1.74. The van der Waals surface area contributed by atoms with Gasteiger partial charge in [0.2, 0.25) is 0 Å².